The molecule has 1 N–H and O–H groups in total. The number of hydrogen-bond donors (Lipinski definition) is 1. The molecule has 0 saturated heterocycles. The van der Waals surface area contributed by atoms with Gasteiger partial charge in [-0.1, -0.05) is 11.6 Å². The molecule has 0 unspecified atom stereocenters. The van der Waals surface area contributed by atoms with E-state index >= 15 is 0 Å². The molecule has 0 fully saturated rings. The molecule has 1 aromatic rings. The molecule has 0 aliphatic rings. The highest BCUT2D eigenvalue weighted by atomic mass is 35.5. The average Bonchev–Trinajstić information content (AvgIpc) is 2.31. The standard InChI is InChI=1S/C8H12N2S.ClH/c1-7(2)3-4-10-5-6-11-8(10)9;/h3,5-6,9H,4H2,1-2H3;1H. The van der Waals surface area contributed by atoms with Crippen LogP contribution in [0, 0.1) is 5.41 Å². The van der Waals surface area contributed by atoms with E-state index in [1.807, 2.05) is 16.1 Å². The van der Waals surface area contributed by atoms with Gasteiger partial charge in [-0.15, -0.1) is 23.7 Å². The minimum atomic E-state index is 0. The second kappa shape index (κ2) is 5.17. The molecule has 0 aliphatic carbocycles. The van der Waals surface area contributed by atoms with Crippen molar-refractivity contribution in [1.82, 2.24) is 4.57 Å². The molecule has 0 spiro atoms. The van der Waals surface area contributed by atoms with Gasteiger partial charge in [0.1, 0.15) is 0 Å². The Morgan fingerprint density at radius 1 is 1.67 bits per heavy atom. The maximum atomic E-state index is 7.45. The Bertz CT molecular complexity index is 307. The first-order valence-electron chi connectivity index (χ1n) is 3.52. The van der Waals surface area contributed by atoms with E-state index in [-0.39, 0.29) is 12.4 Å². The van der Waals surface area contributed by atoms with Gasteiger partial charge in [-0.2, -0.15) is 0 Å². The summed E-state index contributed by atoms with van der Waals surface area (Å²) < 4.78 is 1.91. The molecular formula is C8H13ClN2S. The summed E-state index contributed by atoms with van der Waals surface area (Å²) >= 11 is 1.46. The van der Waals surface area contributed by atoms with E-state index in [1.165, 1.54) is 16.9 Å². The van der Waals surface area contributed by atoms with Crippen LogP contribution in [0.2, 0.25) is 0 Å². The third kappa shape index (κ3) is 3.24. The minimum absolute atomic E-state index is 0. The van der Waals surface area contributed by atoms with E-state index in [4.69, 9.17) is 5.41 Å². The minimum Gasteiger partial charge on any atom is -0.320 e. The Morgan fingerprint density at radius 2 is 2.33 bits per heavy atom. The van der Waals surface area contributed by atoms with Crippen molar-refractivity contribution in [3.63, 3.8) is 0 Å². The highest BCUT2D eigenvalue weighted by molar-refractivity contribution is 7.06. The molecule has 0 aromatic carbocycles. The van der Waals surface area contributed by atoms with Crippen molar-refractivity contribution in [3.05, 3.63) is 28.0 Å². The van der Waals surface area contributed by atoms with Gasteiger partial charge < -0.3 is 4.57 Å². The van der Waals surface area contributed by atoms with Gasteiger partial charge in [-0.3, -0.25) is 5.41 Å². The first-order valence-corrected chi connectivity index (χ1v) is 4.40. The zero-order valence-corrected chi connectivity index (χ0v) is 8.84. The molecule has 1 rings (SSSR count). The zero-order valence-electron chi connectivity index (χ0n) is 7.20. The maximum Gasteiger partial charge on any atom is 0.182 e. The second-order valence-corrected chi connectivity index (χ2v) is 3.54. The average molecular weight is 205 g/mol. The van der Waals surface area contributed by atoms with Gasteiger partial charge in [0.05, 0.1) is 0 Å². The lowest BCUT2D eigenvalue weighted by molar-refractivity contribution is 0.774. The van der Waals surface area contributed by atoms with Crippen molar-refractivity contribution in [2.45, 2.75) is 20.4 Å². The van der Waals surface area contributed by atoms with E-state index < -0.39 is 0 Å². The summed E-state index contributed by atoms with van der Waals surface area (Å²) in [6.07, 6.45) is 4.05. The lowest BCUT2D eigenvalue weighted by Crippen LogP contribution is -2.10. The van der Waals surface area contributed by atoms with Crippen LogP contribution in [0.15, 0.2) is 23.2 Å². The van der Waals surface area contributed by atoms with Crippen LogP contribution in [0.25, 0.3) is 0 Å². The largest absolute Gasteiger partial charge is 0.320 e. The van der Waals surface area contributed by atoms with E-state index in [2.05, 4.69) is 19.9 Å². The lowest BCUT2D eigenvalue weighted by atomic mass is 10.3. The van der Waals surface area contributed by atoms with Crippen molar-refractivity contribution in [1.29, 1.82) is 5.41 Å². The molecule has 0 saturated carbocycles. The number of nitrogens with one attached hydrogen (secondary N) is 1. The first-order chi connectivity index (χ1) is 5.20. The van der Waals surface area contributed by atoms with Crippen LogP contribution in [0.1, 0.15) is 13.8 Å². The maximum absolute atomic E-state index is 7.45. The molecule has 4 heteroatoms. The Balaban J connectivity index is 0.00000121. The fourth-order valence-electron chi connectivity index (χ4n) is 0.728. The van der Waals surface area contributed by atoms with Gasteiger partial charge in [0, 0.05) is 18.1 Å². The SMILES string of the molecule is CC(C)=CCn1ccsc1=N.Cl. The fourth-order valence-corrected chi connectivity index (χ4v) is 1.34. The van der Waals surface area contributed by atoms with E-state index in [1.54, 1.807) is 0 Å². The molecular weight excluding hydrogens is 192 g/mol. The zero-order chi connectivity index (χ0) is 8.27. The number of nitrogens with zero attached hydrogens (tertiary/aromatic N) is 1. The second-order valence-electron chi connectivity index (χ2n) is 2.64. The Kier molecular flexibility index (Phi) is 4.93. The molecule has 1 heterocycles. The summed E-state index contributed by atoms with van der Waals surface area (Å²) in [6.45, 7) is 4.96. The van der Waals surface area contributed by atoms with Crippen molar-refractivity contribution >= 4 is 23.7 Å². The smallest absolute Gasteiger partial charge is 0.182 e. The van der Waals surface area contributed by atoms with Gasteiger partial charge in [-0.25, -0.2) is 0 Å². The lowest BCUT2D eigenvalue weighted by Gasteiger charge is -1.95. The molecule has 1 aromatic heterocycles. The molecule has 0 amide bonds. The third-order valence-electron chi connectivity index (χ3n) is 1.38. The van der Waals surface area contributed by atoms with Crippen LogP contribution < -0.4 is 4.80 Å². The Morgan fingerprint density at radius 3 is 2.75 bits per heavy atom. The summed E-state index contributed by atoms with van der Waals surface area (Å²) in [6, 6.07) is 0. The molecule has 0 aliphatic heterocycles. The van der Waals surface area contributed by atoms with Crippen molar-refractivity contribution in [2.24, 2.45) is 0 Å². The third-order valence-corrected chi connectivity index (χ3v) is 2.09. The van der Waals surface area contributed by atoms with Crippen LogP contribution >= 0.6 is 23.7 Å². The number of thiazole rings is 1. The predicted octanol–water partition coefficient (Wildman–Crippen LogP) is 2.42. The quantitative estimate of drug-likeness (QED) is 0.717. The summed E-state index contributed by atoms with van der Waals surface area (Å²) in [5, 5.41) is 9.38. The van der Waals surface area contributed by atoms with Crippen molar-refractivity contribution in [2.75, 3.05) is 0 Å². The van der Waals surface area contributed by atoms with Gasteiger partial charge in [0.15, 0.2) is 4.80 Å². The van der Waals surface area contributed by atoms with Crippen LogP contribution in [-0.2, 0) is 6.54 Å². The molecule has 0 atom stereocenters. The normalized spacial score (nSPS) is 8.83. The van der Waals surface area contributed by atoms with Gasteiger partial charge in [-0.05, 0) is 13.8 Å². The van der Waals surface area contributed by atoms with Crippen molar-refractivity contribution in [3.8, 4) is 0 Å². The summed E-state index contributed by atoms with van der Waals surface area (Å²) in [5.74, 6) is 0. The van der Waals surface area contributed by atoms with E-state index in [0.717, 1.165) is 6.54 Å². The monoisotopic (exact) mass is 204 g/mol. The fraction of sp³-hybridized carbons (Fsp3) is 0.375. The van der Waals surface area contributed by atoms with E-state index in [9.17, 15) is 0 Å². The summed E-state index contributed by atoms with van der Waals surface area (Å²) in [7, 11) is 0. The van der Waals surface area contributed by atoms with E-state index in [0.29, 0.717) is 4.80 Å². The van der Waals surface area contributed by atoms with Crippen LogP contribution in [0.4, 0.5) is 0 Å². The molecule has 2 nitrogen and oxygen atoms in total. The Labute approximate surface area is 82.5 Å². The molecule has 0 bridgehead atoms. The topological polar surface area (TPSA) is 28.8 Å². The number of hydrogen-bond acceptors (Lipinski definition) is 2. The number of halogens is 1. The van der Waals surface area contributed by atoms with Gasteiger partial charge in [0.25, 0.3) is 0 Å². The van der Waals surface area contributed by atoms with Crippen LogP contribution in [0.3, 0.4) is 0 Å². The molecule has 68 valence electrons. The number of rotatable bonds is 2. The van der Waals surface area contributed by atoms with Crippen molar-refractivity contribution < 1.29 is 0 Å². The predicted molar refractivity (Wildman–Crippen MR) is 54.8 cm³/mol. The summed E-state index contributed by atoms with van der Waals surface area (Å²) in [5.41, 5.74) is 1.29. The Hall–Kier alpha value is -0.540. The molecule has 0 radical (unpaired) electrons. The highest BCUT2D eigenvalue weighted by Crippen LogP contribution is 1.93. The number of aromatic nitrogens is 1. The number of allylic oxidation sites excluding steroid dienone is 2. The first kappa shape index (κ1) is 11.5. The van der Waals surface area contributed by atoms with Crippen LogP contribution in [0.5, 0.6) is 0 Å². The van der Waals surface area contributed by atoms with Gasteiger partial charge in [0.2, 0.25) is 0 Å². The highest BCUT2D eigenvalue weighted by Gasteiger charge is 1.88. The molecule has 12 heavy (non-hydrogen) atoms. The van der Waals surface area contributed by atoms with Crippen LogP contribution in [-0.4, -0.2) is 4.57 Å². The summed E-state index contributed by atoms with van der Waals surface area (Å²) in [4.78, 5) is 0.613. The van der Waals surface area contributed by atoms with Gasteiger partial charge >= 0.3 is 0 Å².